The minimum absolute atomic E-state index is 0.316. The van der Waals surface area contributed by atoms with Gasteiger partial charge in [0.2, 0.25) is 0 Å². The van der Waals surface area contributed by atoms with Crippen molar-refractivity contribution in [1.29, 1.82) is 0 Å². The second-order valence-corrected chi connectivity index (χ2v) is 9.01. The summed E-state index contributed by atoms with van der Waals surface area (Å²) in [5.74, 6) is -2.51. The highest BCUT2D eigenvalue weighted by molar-refractivity contribution is 7.85. The number of carbonyl (C=O) groups is 2. The van der Waals surface area contributed by atoms with Gasteiger partial charge in [-0.05, 0) is 30.3 Å². The molecule has 0 fully saturated rings. The number of hydroxylamine groups is 3. The summed E-state index contributed by atoms with van der Waals surface area (Å²) in [6.07, 6.45) is 1.86. The van der Waals surface area contributed by atoms with Gasteiger partial charge in [-0.1, -0.05) is 23.7 Å². The van der Waals surface area contributed by atoms with Gasteiger partial charge >= 0.3 is 11.9 Å². The van der Waals surface area contributed by atoms with Gasteiger partial charge in [0.25, 0.3) is 0 Å². The highest BCUT2D eigenvalue weighted by Gasteiger charge is 2.28. The second-order valence-electron chi connectivity index (χ2n) is 7.16. The molecule has 0 saturated heterocycles. The van der Waals surface area contributed by atoms with Gasteiger partial charge in [-0.3, -0.25) is 0 Å². The van der Waals surface area contributed by atoms with E-state index in [1.165, 1.54) is 0 Å². The number of hydrogen-bond acceptors (Lipinski definition) is 5. The Labute approximate surface area is 187 Å². The summed E-state index contributed by atoms with van der Waals surface area (Å²) in [7, 11) is 2.08. The Balaban J connectivity index is 0.000000366. The molecule has 0 amide bonds. The summed E-state index contributed by atoms with van der Waals surface area (Å²) in [5.41, 5.74) is 1.79. The molecule has 2 N–H and O–H groups in total. The molecule has 3 rings (SSSR count). The average molecular weight is 467 g/mol. The van der Waals surface area contributed by atoms with Crippen LogP contribution in [0.2, 0.25) is 5.02 Å². The summed E-state index contributed by atoms with van der Waals surface area (Å²) in [6.45, 7) is 1.21. The molecule has 1 unspecified atom stereocenters. The number of carboxylic acid groups (broad SMARTS) is 2. The van der Waals surface area contributed by atoms with Gasteiger partial charge in [0.1, 0.15) is 0 Å². The molecule has 10 heteroatoms. The van der Waals surface area contributed by atoms with Crippen molar-refractivity contribution in [3.8, 4) is 0 Å². The SMILES string of the molecule is C[N+](C)([O-])CCCN1c2ccccc2S(=O)c2ccc(Cl)cc21.O=C(O)/C=C\C(=O)O. The fourth-order valence-corrected chi connectivity index (χ4v) is 4.46. The van der Waals surface area contributed by atoms with E-state index < -0.39 is 22.7 Å². The molecule has 0 bridgehead atoms. The number of nitrogens with zero attached hydrogens (tertiary/aromatic N) is 2. The molecule has 0 aliphatic carbocycles. The number of hydrogen-bond donors (Lipinski definition) is 2. The van der Waals surface area contributed by atoms with Crippen LogP contribution in [-0.2, 0) is 20.4 Å². The van der Waals surface area contributed by atoms with Crippen molar-refractivity contribution in [2.45, 2.75) is 16.2 Å². The van der Waals surface area contributed by atoms with Gasteiger partial charge in [0.15, 0.2) is 0 Å². The van der Waals surface area contributed by atoms with Crippen LogP contribution in [0.1, 0.15) is 6.42 Å². The number of aliphatic carboxylic acids is 2. The molecule has 2 aromatic rings. The first kappa shape index (κ1) is 24.5. The Morgan fingerprint density at radius 1 is 1.06 bits per heavy atom. The van der Waals surface area contributed by atoms with Crippen molar-refractivity contribution in [3.05, 3.63) is 64.8 Å². The molecule has 2 aromatic carbocycles. The molecular weight excluding hydrogens is 444 g/mol. The van der Waals surface area contributed by atoms with E-state index in [1.54, 1.807) is 20.2 Å². The van der Waals surface area contributed by atoms with E-state index in [-0.39, 0.29) is 4.65 Å². The molecule has 31 heavy (non-hydrogen) atoms. The van der Waals surface area contributed by atoms with Crippen molar-refractivity contribution >= 4 is 45.7 Å². The third kappa shape index (κ3) is 7.18. The van der Waals surface area contributed by atoms with Crippen molar-refractivity contribution in [2.75, 3.05) is 32.1 Å². The van der Waals surface area contributed by atoms with Gasteiger partial charge in [-0.2, -0.15) is 0 Å². The molecular formula is C21H23ClN2O6S. The average Bonchev–Trinajstić information content (AvgIpc) is 2.68. The molecule has 1 aliphatic heterocycles. The number of rotatable bonds is 6. The first-order valence-corrected chi connectivity index (χ1v) is 10.8. The van der Waals surface area contributed by atoms with Crippen molar-refractivity contribution in [1.82, 2.24) is 0 Å². The molecule has 8 nitrogen and oxygen atoms in total. The third-order valence-electron chi connectivity index (χ3n) is 4.21. The second kappa shape index (κ2) is 10.5. The van der Waals surface area contributed by atoms with E-state index in [0.717, 1.165) is 27.6 Å². The number of fused-ring (bicyclic) bond motifs is 2. The zero-order chi connectivity index (χ0) is 23.2. The highest BCUT2D eigenvalue weighted by Crippen LogP contribution is 2.42. The largest absolute Gasteiger partial charge is 0.633 e. The Bertz CT molecular complexity index is 1000. The van der Waals surface area contributed by atoms with Crippen LogP contribution in [0.5, 0.6) is 0 Å². The fourth-order valence-electron chi connectivity index (χ4n) is 2.94. The minimum Gasteiger partial charge on any atom is -0.633 e. The number of para-hydroxylation sites is 1. The Morgan fingerprint density at radius 2 is 1.65 bits per heavy atom. The highest BCUT2D eigenvalue weighted by atomic mass is 35.5. The maximum Gasteiger partial charge on any atom is 0.328 e. The van der Waals surface area contributed by atoms with E-state index in [2.05, 4.69) is 4.90 Å². The van der Waals surface area contributed by atoms with Crippen LogP contribution in [0, 0.1) is 5.21 Å². The lowest BCUT2D eigenvalue weighted by atomic mass is 10.2. The quantitative estimate of drug-likeness (QED) is 0.379. The summed E-state index contributed by atoms with van der Waals surface area (Å²) in [4.78, 5) is 22.8. The van der Waals surface area contributed by atoms with Crippen molar-refractivity contribution in [2.24, 2.45) is 0 Å². The predicted octanol–water partition coefficient (Wildman–Crippen LogP) is 3.63. The monoisotopic (exact) mass is 466 g/mol. The maximum absolute atomic E-state index is 12.8. The molecule has 1 atom stereocenters. The summed E-state index contributed by atoms with van der Waals surface area (Å²) in [5, 5.41) is 28.0. The van der Waals surface area contributed by atoms with E-state index in [1.807, 2.05) is 36.4 Å². The van der Waals surface area contributed by atoms with Crippen LogP contribution in [0.15, 0.2) is 64.4 Å². The maximum atomic E-state index is 12.8. The molecule has 0 radical (unpaired) electrons. The zero-order valence-corrected chi connectivity index (χ0v) is 18.6. The fraction of sp³-hybridized carbons (Fsp3) is 0.238. The number of quaternary nitrogens is 1. The molecule has 0 spiro atoms. The van der Waals surface area contributed by atoms with Crippen LogP contribution < -0.4 is 4.90 Å². The summed E-state index contributed by atoms with van der Waals surface area (Å²) < 4.78 is 12.5. The number of anilines is 2. The Hall–Kier alpha value is -2.72. The molecule has 1 aliphatic rings. The van der Waals surface area contributed by atoms with Crippen LogP contribution in [0.4, 0.5) is 11.4 Å². The van der Waals surface area contributed by atoms with Crippen molar-refractivity contribution in [3.63, 3.8) is 0 Å². The van der Waals surface area contributed by atoms with Gasteiger partial charge in [-0.25, -0.2) is 13.8 Å². The number of halogens is 1. The van der Waals surface area contributed by atoms with E-state index >= 15 is 0 Å². The van der Waals surface area contributed by atoms with E-state index in [4.69, 9.17) is 21.8 Å². The normalized spacial score (nSPS) is 15.0. The Kier molecular flexibility index (Phi) is 8.35. The zero-order valence-electron chi connectivity index (χ0n) is 17.0. The minimum atomic E-state index is -1.26. The van der Waals surface area contributed by atoms with Crippen molar-refractivity contribution < 1.29 is 28.7 Å². The first-order chi connectivity index (χ1) is 14.5. The lowest BCUT2D eigenvalue weighted by Crippen LogP contribution is -2.35. The standard InChI is InChI=1S/C17H19ClN2O2S.C4H4O4/c1-20(2,21)11-5-10-19-14-6-3-4-7-16(14)23(22)17-9-8-13(18)12-15(17)19;5-3(6)1-2-4(7)8/h3-4,6-9,12H,5,10-11H2,1-2H3;1-2H,(H,5,6)(H,7,8)/b;2-1-. The van der Waals surface area contributed by atoms with Gasteiger partial charge in [0, 0.05) is 30.1 Å². The third-order valence-corrected chi connectivity index (χ3v) is 5.94. The molecule has 0 aromatic heterocycles. The van der Waals surface area contributed by atoms with Crippen LogP contribution in [-0.4, -0.2) is 58.2 Å². The van der Waals surface area contributed by atoms with Gasteiger partial charge in [0.05, 0.1) is 52.6 Å². The lowest BCUT2D eigenvalue weighted by Gasteiger charge is -2.36. The summed E-state index contributed by atoms with van der Waals surface area (Å²) >= 11 is 6.14. The predicted molar refractivity (Wildman–Crippen MR) is 119 cm³/mol. The number of carboxylic acids is 2. The number of benzene rings is 2. The van der Waals surface area contributed by atoms with Crippen LogP contribution in [0.3, 0.4) is 0 Å². The van der Waals surface area contributed by atoms with Gasteiger partial charge < -0.3 is 25.0 Å². The molecule has 0 saturated carbocycles. The lowest BCUT2D eigenvalue weighted by molar-refractivity contribution is -0.840. The van der Waals surface area contributed by atoms with Crippen LogP contribution in [0.25, 0.3) is 0 Å². The molecule has 1 heterocycles. The summed E-state index contributed by atoms with van der Waals surface area (Å²) in [6, 6.07) is 13.1. The smallest absolute Gasteiger partial charge is 0.328 e. The van der Waals surface area contributed by atoms with Gasteiger partial charge in [-0.15, -0.1) is 0 Å². The van der Waals surface area contributed by atoms with E-state index in [9.17, 15) is 19.0 Å². The Morgan fingerprint density at radius 3 is 2.23 bits per heavy atom. The van der Waals surface area contributed by atoms with E-state index in [0.29, 0.717) is 30.3 Å². The molecule has 166 valence electrons. The topological polar surface area (TPSA) is 118 Å². The van der Waals surface area contributed by atoms with Crippen LogP contribution >= 0.6 is 11.6 Å². The first-order valence-electron chi connectivity index (χ1n) is 9.25.